The molecule has 138 valence electrons. The van der Waals surface area contributed by atoms with Crippen molar-refractivity contribution in [3.05, 3.63) is 84.4 Å². The Morgan fingerprint density at radius 1 is 0.889 bits per heavy atom. The first-order chi connectivity index (χ1) is 13.0. The largest absolute Gasteiger partial charge is 0.321 e. The number of rotatable bonds is 6. The number of carbonyl (C=O) groups is 1. The van der Waals surface area contributed by atoms with Crippen LogP contribution in [0.2, 0.25) is 0 Å². The lowest BCUT2D eigenvalue weighted by Gasteiger charge is -2.11. The van der Waals surface area contributed by atoms with Crippen molar-refractivity contribution in [1.29, 1.82) is 0 Å². The highest BCUT2D eigenvalue weighted by Crippen LogP contribution is 2.25. The molecule has 1 amide bonds. The van der Waals surface area contributed by atoms with Crippen molar-refractivity contribution in [2.75, 3.05) is 16.3 Å². The highest BCUT2D eigenvalue weighted by atomic mass is 32.2. The Bertz CT molecular complexity index is 1050. The van der Waals surface area contributed by atoms with Crippen LogP contribution in [-0.2, 0) is 10.0 Å². The summed E-state index contributed by atoms with van der Waals surface area (Å²) < 4.78 is 27.7. The summed E-state index contributed by atoms with van der Waals surface area (Å²) in [5.74, 6) is -0.367. The lowest BCUT2D eigenvalue weighted by molar-refractivity contribution is 0.102. The first kappa shape index (κ1) is 19.0. The van der Waals surface area contributed by atoms with E-state index in [-0.39, 0.29) is 16.4 Å². The molecule has 0 aliphatic carbocycles. The van der Waals surface area contributed by atoms with Crippen molar-refractivity contribution in [2.45, 2.75) is 9.79 Å². The molecule has 0 atom stereocenters. The molecule has 0 heterocycles. The van der Waals surface area contributed by atoms with Gasteiger partial charge in [-0.05, 0) is 48.7 Å². The summed E-state index contributed by atoms with van der Waals surface area (Å²) in [5.41, 5.74) is 1.41. The molecule has 0 unspecified atom stereocenters. The zero-order valence-electron chi connectivity index (χ0n) is 14.5. The normalized spacial score (nSPS) is 11.0. The van der Waals surface area contributed by atoms with Gasteiger partial charge in [0.25, 0.3) is 15.9 Å². The molecule has 3 aromatic carbocycles. The predicted molar refractivity (Wildman–Crippen MR) is 110 cm³/mol. The Kier molecular flexibility index (Phi) is 5.83. The second kappa shape index (κ2) is 8.28. The fourth-order valence-corrected chi connectivity index (χ4v) is 4.12. The minimum Gasteiger partial charge on any atom is -0.321 e. The van der Waals surface area contributed by atoms with E-state index >= 15 is 0 Å². The van der Waals surface area contributed by atoms with Crippen molar-refractivity contribution >= 4 is 39.1 Å². The molecule has 0 saturated heterocycles. The van der Waals surface area contributed by atoms with Crippen molar-refractivity contribution in [1.82, 2.24) is 0 Å². The highest BCUT2D eigenvalue weighted by Gasteiger charge is 2.17. The molecule has 0 aromatic heterocycles. The molecule has 0 bridgehead atoms. The number of hydrogen-bond donors (Lipinski definition) is 2. The zero-order valence-corrected chi connectivity index (χ0v) is 16.2. The molecular weight excluding hydrogens is 380 g/mol. The van der Waals surface area contributed by atoms with E-state index in [0.717, 1.165) is 4.90 Å². The lowest BCUT2D eigenvalue weighted by atomic mass is 10.2. The maximum atomic E-state index is 12.6. The number of para-hydroxylation sites is 2. The third-order valence-electron chi connectivity index (χ3n) is 3.79. The van der Waals surface area contributed by atoms with Crippen LogP contribution in [0.4, 0.5) is 11.4 Å². The molecule has 7 heteroatoms. The number of thioether (sulfide) groups is 1. The van der Waals surface area contributed by atoms with Gasteiger partial charge in [0.2, 0.25) is 0 Å². The Morgan fingerprint density at radius 3 is 2.33 bits per heavy atom. The molecule has 0 fully saturated rings. The summed E-state index contributed by atoms with van der Waals surface area (Å²) in [6.45, 7) is 0. The van der Waals surface area contributed by atoms with Crippen LogP contribution in [-0.4, -0.2) is 20.6 Å². The standard InChI is InChI=1S/C20H18N2O3S2/c1-26-19-13-6-5-12-18(19)21-20(23)15-8-7-11-17(14-15)27(24,25)22-16-9-3-2-4-10-16/h2-14,22H,1H3,(H,21,23). The average molecular weight is 399 g/mol. The van der Waals surface area contributed by atoms with Gasteiger partial charge in [0, 0.05) is 16.1 Å². The monoisotopic (exact) mass is 398 g/mol. The summed E-state index contributed by atoms with van der Waals surface area (Å²) in [4.78, 5) is 13.5. The van der Waals surface area contributed by atoms with Crippen molar-refractivity contribution in [2.24, 2.45) is 0 Å². The first-order valence-corrected chi connectivity index (χ1v) is 10.8. The minimum atomic E-state index is -3.79. The zero-order chi connectivity index (χ0) is 19.3. The fraction of sp³-hybridized carbons (Fsp3) is 0.0500. The second-order valence-corrected chi connectivity index (χ2v) is 8.18. The van der Waals surface area contributed by atoms with Gasteiger partial charge >= 0.3 is 0 Å². The SMILES string of the molecule is CSc1ccccc1NC(=O)c1cccc(S(=O)(=O)Nc2ccccc2)c1. The van der Waals surface area contributed by atoms with E-state index in [1.165, 1.54) is 23.9 Å². The molecule has 27 heavy (non-hydrogen) atoms. The van der Waals surface area contributed by atoms with E-state index in [1.54, 1.807) is 48.5 Å². The van der Waals surface area contributed by atoms with Gasteiger partial charge in [-0.2, -0.15) is 0 Å². The van der Waals surface area contributed by atoms with E-state index in [1.807, 2.05) is 24.5 Å². The number of anilines is 2. The van der Waals surface area contributed by atoms with E-state index in [0.29, 0.717) is 11.4 Å². The molecule has 0 radical (unpaired) electrons. The third-order valence-corrected chi connectivity index (χ3v) is 5.96. The van der Waals surface area contributed by atoms with Crippen LogP contribution in [0.1, 0.15) is 10.4 Å². The molecule has 2 N–H and O–H groups in total. The minimum absolute atomic E-state index is 0.0251. The van der Waals surface area contributed by atoms with E-state index in [9.17, 15) is 13.2 Å². The van der Waals surface area contributed by atoms with Crippen molar-refractivity contribution in [3.63, 3.8) is 0 Å². The predicted octanol–water partition coefficient (Wildman–Crippen LogP) is 4.46. The second-order valence-electron chi connectivity index (χ2n) is 5.65. The van der Waals surface area contributed by atoms with Gasteiger partial charge in [0.15, 0.2) is 0 Å². The van der Waals surface area contributed by atoms with Gasteiger partial charge in [-0.25, -0.2) is 8.42 Å². The molecular formula is C20H18N2O3S2. The van der Waals surface area contributed by atoms with Gasteiger partial charge in [-0.15, -0.1) is 11.8 Å². The van der Waals surface area contributed by atoms with Gasteiger partial charge in [-0.1, -0.05) is 36.4 Å². The van der Waals surface area contributed by atoms with E-state index in [4.69, 9.17) is 0 Å². The number of amides is 1. The molecule has 0 aliphatic heterocycles. The highest BCUT2D eigenvalue weighted by molar-refractivity contribution is 7.98. The molecule has 5 nitrogen and oxygen atoms in total. The quantitative estimate of drug-likeness (QED) is 0.601. The van der Waals surface area contributed by atoms with Gasteiger partial charge in [0.05, 0.1) is 10.6 Å². The van der Waals surface area contributed by atoms with Crippen LogP contribution in [0, 0.1) is 0 Å². The summed E-state index contributed by atoms with van der Waals surface area (Å²) >= 11 is 1.52. The maximum Gasteiger partial charge on any atom is 0.261 e. The summed E-state index contributed by atoms with van der Waals surface area (Å²) in [7, 11) is -3.79. The average Bonchev–Trinajstić information content (AvgIpc) is 2.69. The first-order valence-electron chi connectivity index (χ1n) is 8.12. The number of sulfonamides is 1. The van der Waals surface area contributed by atoms with Gasteiger partial charge in [-0.3, -0.25) is 9.52 Å². The summed E-state index contributed by atoms with van der Waals surface area (Å²) in [6.07, 6.45) is 1.92. The Hall–Kier alpha value is -2.77. The third kappa shape index (κ3) is 4.69. The summed E-state index contributed by atoms with van der Waals surface area (Å²) in [5, 5.41) is 2.83. The van der Waals surface area contributed by atoms with Gasteiger partial charge in [0.1, 0.15) is 0 Å². The number of nitrogens with one attached hydrogen (secondary N) is 2. The van der Waals surface area contributed by atoms with Gasteiger partial charge < -0.3 is 5.32 Å². The summed E-state index contributed by atoms with van der Waals surface area (Å²) in [6, 6.07) is 22.0. The van der Waals surface area contributed by atoms with Crippen molar-refractivity contribution < 1.29 is 13.2 Å². The number of carbonyl (C=O) groups excluding carboxylic acids is 1. The Morgan fingerprint density at radius 2 is 1.59 bits per heavy atom. The van der Waals surface area contributed by atoms with Crippen LogP contribution >= 0.6 is 11.8 Å². The number of benzene rings is 3. The lowest BCUT2D eigenvalue weighted by Crippen LogP contribution is -2.16. The van der Waals surface area contributed by atoms with Crippen LogP contribution < -0.4 is 10.0 Å². The topological polar surface area (TPSA) is 75.3 Å². The molecule has 0 saturated carbocycles. The molecule has 3 rings (SSSR count). The van der Waals surface area contributed by atoms with Crippen LogP contribution in [0.5, 0.6) is 0 Å². The van der Waals surface area contributed by atoms with E-state index in [2.05, 4.69) is 10.0 Å². The molecule has 0 aliphatic rings. The Balaban J connectivity index is 1.83. The smallest absolute Gasteiger partial charge is 0.261 e. The fourth-order valence-electron chi connectivity index (χ4n) is 2.47. The van der Waals surface area contributed by atoms with Crippen molar-refractivity contribution in [3.8, 4) is 0 Å². The molecule has 3 aromatic rings. The van der Waals surface area contributed by atoms with E-state index < -0.39 is 10.0 Å². The van der Waals surface area contributed by atoms with Crippen LogP contribution in [0.15, 0.2) is 88.7 Å². The van der Waals surface area contributed by atoms with Crippen LogP contribution in [0.3, 0.4) is 0 Å². The number of hydrogen-bond acceptors (Lipinski definition) is 4. The molecule has 0 spiro atoms. The van der Waals surface area contributed by atoms with Crippen LogP contribution in [0.25, 0.3) is 0 Å². The maximum absolute atomic E-state index is 12.6. The Labute approximate surface area is 162 Å².